The van der Waals surface area contributed by atoms with Crippen LogP contribution in [0, 0.1) is 11.3 Å². The summed E-state index contributed by atoms with van der Waals surface area (Å²) in [5.41, 5.74) is 2.74. The van der Waals surface area contributed by atoms with Gasteiger partial charge in [-0.15, -0.1) is 0 Å². The predicted octanol–water partition coefficient (Wildman–Crippen LogP) is 5.71. The molecular formula is C23H24F3N3. The zero-order valence-corrected chi connectivity index (χ0v) is 16.1. The SMILES string of the molecule is C=C(C1=CCC=NC1)C1N=C(CCC(C=N)c2ccccc2)C=CC1C(F)(F)F. The second-order valence-electron chi connectivity index (χ2n) is 7.23. The van der Waals surface area contributed by atoms with Crippen LogP contribution in [0.2, 0.25) is 0 Å². The topological polar surface area (TPSA) is 48.6 Å². The van der Waals surface area contributed by atoms with Gasteiger partial charge in [0.25, 0.3) is 0 Å². The summed E-state index contributed by atoms with van der Waals surface area (Å²) in [5.74, 6) is -1.78. The van der Waals surface area contributed by atoms with Crippen LogP contribution in [0.5, 0.6) is 0 Å². The molecule has 0 saturated carbocycles. The summed E-state index contributed by atoms with van der Waals surface area (Å²) in [5, 5.41) is 7.70. The van der Waals surface area contributed by atoms with Crippen LogP contribution in [-0.4, -0.2) is 36.9 Å². The van der Waals surface area contributed by atoms with Crippen LogP contribution in [0.3, 0.4) is 0 Å². The summed E-state index contributed by atoms with van der Waals surface area (Å²) in [6.45, 7) is 4.29. The maximum Gasteiger partial charge on any atom is 0.397 e. The van der Waals surface area contributed by atoms with Gasteiger partial charge in [0.05, 0.1) is 18.5 Å². The maximum atomic E-state index is 13.6. The van der Waals surface area contributed by atoms with E-state index >= 15 is 0 Å². The van der Waals surface area contributed by atoms with Crippen LogP contribution in [0.1, 0.15) is 30.7 Å². The highest BCUT2D eigenvalue weighted by Gasteiger charge is 2.45. The average molecular weight is 399 g/mol. The predicted molar refractivity (Wildman–Crippen MR) is 112 cm³/mol. The van der Waals surface area contributed by atoms with E-state index in [1.54, 1.807) is 6.21 Å². The third-order valence-corrected chi connectivity index (χ3v) is 5.29. The molecule has 2 aliphatic rings. The Bertz CT molecular complexity index is 863. The Balaban J connectivity index is 1.77. The molecule has 6 heteroatoms. The smallest absolute Gasteiger partial charge is 0.312 e. The number of rotatable bonds is 7. The Morgan fingerprint density at radius 3 is 2.66 bits per heavy atom. The third-order valence-electron chi connectivity index (χ3n) is 5.29. The van der Waals surface area contributed by atoms with Gasteiger partial charge in [-0.2, -0.15) is 13.2 Å². The fourth-order valence-corrected chi connectivity index (χ4v) is 3.62. The van der Waals surface area contributed by atoms with Crippen LogP contribution in [0.15, 0.2) is 76.3 Å². The number of aliphatic imine (C=N–C) groups is 2. The fraction of sp³-hybridized carbons (Fsp3) is 0.348. The molecule has 0 radical (unpaired) electrons. The van der Waals surface area contributed by atoms with Crippen molar-refractivity contribution in [1.82, 2.24) is 0 Å². The third kappa shape index (κ3) is 5.19. The summed E-state index contributed by atoms with van der Waals surface area (Å²) in [6, 6.07) is 8.58. The van der Waals surface area contributed by atoms with E-state index in [4.69, 9.17) is 5.41 Å². The minimum Gasteiger partial charge on any atom is -0.312 e. The molecule has 3 atom stereocenters. The van der Waals surface area contributed by atoms with E-state index in [1.165, 1.54) is 18.4 Å². The Morgan fingerprint density at radius 2 is 2.03 bits per heavy atom. The van der Waals surface area contributed by atoms with Crippen LogP contribution in [0.4, 0.5) is 13.2 Å². The van der Waals surface area contributed by atoms with Gasteiger partial charge in [-0.3, -0.25) is 9.98 Å². The van der Waals surface area contributed by atoms with Gasteiger partial charge >= 0.3 is 6.18 Å². The van der Waals surface area contributed by atoms with E-state index in [2.05, 4.69) is 16.6 Å². The van der Waals surface area contributed by atoms with Crippen molar-refractivity contribution in [3.8, 4) is 0 Å². The van der Waals surface area contributed by atoms with Crippen molar-refractivity contribution in [3.63, 3.8) is 0 Å². The zero-order valence-electron chi connectivity index (χ0n) is 16.1. The first-order chi connectivity index (χ1) is 13.9. The molecule has 0 saturated heterocycles. The second-order valence-corrected chi connectivity index (χ2v) is 7.23. The number of dihydropyridines is 2. The first-order valence-electron chi connectivity index (χ1n) is 9.63. The van der Waals surface area contributed by atoms with Gasteiger partial charge in [-0.25, -0.2) is 0 Å². The van der Waals surface area contributed by atoms with Crippen molar-refractivity contribution in [2.75, 3.05) is 6.54 Å². The van der Waals surface area contributed by atoms with Crippen LogP contribution in [0.25, 0.3) is 0 Å². The lowest BCUT2D eigenvalue weighted by atomic mass is 9.85. The molecule has 0 aromatic heterocycles. The summed E-state index contributed by atoms with van der Waals surface area (Å²) >= 11 is 0. The fourth-order valence-electron chi connectivity index (χ4n) is 3.62. The molecule has 0 aliphatic carbocycles. The van der Waals surface area contributed by atoms with E-state index < -0.39 is 18.1 Å². The maximum absolute atomic E-state index is 13.6. The van der Waals surface area contributed by atoms with Gasteiger partial charge in [0.2, 0.25) is 0 Å². The number of nitrogens with zero attached hydrogens (tertiary/aromatic N) is 2. The molecule has 3 rings (SSSR count). The first-order valence-corrected chi connectivity index (χ1v) is 9.63. The molecule has 1 aromatic rings. The Hall–Kier alpha value is -2.76. The van der Waals surface area contributed by atoms with Gasteiger partial charge in [0.1, 0.15) is 0 Å². The van der Waals surface area contributed by atoms with Crippen molar-refractivity contribution in [2.24, 2.45) is 15.9 Å². The Morgan fingerprint density at radius 1 is 1.28 bits per heavy atom. The van der Waals surface area contributed by atoms with Crippen molar-refractivity contribution in [3.05, 3.63) is 71.8 Å². The molecule has 0 bridgehead atoms. The normalized spacial score (nSPS) is 22.6. The molecule has 29 heavy (non-hydrogen) atoms. The van der Waals surface area contributed by atoms with Crippen molar-refractivity contribution in [1.29, 1.82) is 5.41 Å². The van der Waals surface area contributed by atoms with Crippen LogP contribution in [-0.2, 0) is 0 Å². The monoisotopic (exact) mass is 399 g/mol. The minimum absolute atomic E-state index is 0.0929. The lowest BCUT2D eigenvalue weighted by molar-refractivity contribution is -0.163. The summed E-state index contributed by atoms with van der Waals surface area (Å²) in [6.07, 6.45) is 4.99. The molecule has 2 aliphatic heterocycles. The molecule has 0 amide bonds. The van der Waals surface area contributed by atoms with Gasteiger partial charge in [0.15, 0.2) is 0 Å². The number of halogens is 3. The number of benzene rings is 1. The number of alkyl halides is 3. The van der Waals surface area contributed by atoms with E-state index in [9.17, 15) is 13.2 Å². The van der Waals surface area contributed by atoms with Crippen molar-refractivity contribution < 1.29 is 13.2 Å². The molecule has 152 valence electrons. The van der Waals surface area contributed by atoms with Gasteiger partial charge in [-0.1, -0.05) is 49.1 Å². The molecule has 1 aromatic carbocycles. The van der Waals surface area contributed by atoms with Gasteiger partial charge < -0.3 is 5.41 Å². The minimum atomic E-state index is -4.39. The molecule has 1 N–H and O–H groups in total. The second kappa shape index (κ2) is 9.16. The lowest BCUT2D eigenvalue weighted by Crippen LogP contribution is -2.36. The molecule has 3 unspecified atom stereocenters. The van der Waals surface area contributed by atoms with Gasteiger partial charge in [-0.05, 0) is 35.6 Å². The molecular weight excluding hydrogens is 375 g/mol. The first kappa shape index (κ1) is 21.0. The van der Waals surface area contributed by atoms with E-state index in [0.717, 1.165) is 11.1 Å². The zero-order chi connectivity index (χ0) is 20.9. The van der Waals surface area contributed by atoms with Crippen molar-refractivity contribution >= 4 is 18.1 Å². The number of hydrogen-bond donors (Lipinski definition) is 1. The van der Waals surface area contributed by atoms with Crippen LogP contribution < -0.4 is 0 Å². The number of hydrogen-bond acceptors (Lipinski definition) is 3. The highest BCUT2D eigenvalue weighted by atomic mass is 19.4. The van der Waals surface area contributed by atoms with E-state index in [1.807, 2.05) is 36.4 Å². The van der Waals surface area contributed by atoms with E-state index in [0.29, 0.717) is 37.1 Å². The Labute approximate surface area is 169 Å². The number of allylic oxidation sites excluding steroid dienone is 2. The van der Waals surface area contributed by atoms with Gasteiger partial charge in [0, 0.05) is 30.5 Å². The molecule has 0 fully saturated rings. The van der Waals surface area contributed by atoms with Crippen LogP contribution >= 0.6 is 0 Å². The molecule has 2 heterocycles. The highest BCUT2D eigenvalue weighted by Crippen LogP contribution is 2.38. The average Bonchev–Trinajstić information content (AvgIpc) is 2.74. The van der Waals surface area contributed by atoms with E-state index in [-0.39, 0.29) is 5.92 Å². The lowest BCUT2D eigenvalue weighted by Gasteiger charge is -2.30. The summed E-state index contributed by atoms with van der Waals surface area (Å²) in [7, 11) is 0. The Kier molecular flexibility index (Phi) is 6.62. The summed E-state index contributed by atoms with van der Waals surface area (Å²) in [4.78, 5) is 8.61. The quantitative estimate of drug-likeness (QED) is 0.571. The highest BCUT2D eigenvalue weighted by molar-refractivity contribution is 5.96. The standard InChI is InChI=1S/C23H24F3N3/c1-16(19-8-5-13-28-15-19)22-21(23(24,25)26)12-11-20(29-22)10-9-18(14-27)17-6-3-2-4-7-17/h2-4,6-8,11-14,18,21-22,27H,1,5,9-10,15H2. The molecule has 0 spiro atoms. The summed E-state index contributed by atoms with van der Waals surface area (Å²) < 4.78 is 40.8. The largest absolute Gasteiger partial charge is 0.397 e. The number of nitrogens with one attached hydrogen (secondary N) is 1. The molecule has 3 nitrogen and oxygen atoms in total. The van der Waals surface area contributed by atoms with Crippen molar-refractivity contribution in [2.45, 2.75) is 37.4 Å².